The Morgan fingerprint density at radius 3 is 2.72 bits per heavy atom. The number of carbonyl (C=O) groups excluding carboxylic acids is 1. The standard InChI is InChI=1S/C17H14N4O2S2/c1-10-7-14(11(2)23-10)15(22)19-16-20-21-17(25-16)24-9-13-5-3-12(8-18)4-6-13/h3-7H,9H2,1-2H3,(H,19,20,22). The Hall–Kier alpha value is -2.63. The summed E-state index contributed by atoms with van der Waals surface area (Å²) in [6.07, 6.45) is 0. The van der Waals surface area contributed by atoms with E-state index >= 15 is 0 Å². The van der Waals surface area contributed by atoms with Crippen LogP contribution in [0.4, 0.5) is 5.13 Å². The lowest BCUT2D eigenvalue weighted by molar-refractivity contribution is 0.102. The third-order valence-corrected chi connectivity index (χ3v) is 5.40. The van der Waals surface area contributed by atoms with E-state index in [4.69, 9.17) is 9.68 Å². The third kappa shape index (κ3) is 4.26. The molecule has 2 aromatic heterocycles. The molecular weight excluding hydrogens is 356 g/mol. The number of nitriles is 1. The summed E-state index contributed by atoms with van der Waals surface area (Å²) in [4.78, 5) is 12.2. The van der Waals surface area contributed by atoms with Gasteiger partial charge < -0.3 is 4.42 Å². The predicted octanol–water partition coefficient (Wildman–Crippen LogP) is 4.16. The Balaban J connectivity index is 1.59. The maximum atomic E-state index is 12.2. The van der Waals surface area contributed by atoms with E-state index in [9.17, 15) is 4.79 Å². The Morgan fingerprint density at radius 1 is 1.32 bits per heavy atom. The minimum Gasteiger partial charge on any atom is -0.466 e. The molecule has 1 amide bonds. The first-order valence-electron chi connectivity index (χ1n) is 7.39. The lowest BCUT2D eigenvalue weighted by Gasteiger charge is -1.99. The second kappa shape index (κ2) is 7.51. The number of rotatable bonds is 5. The zero-order valence-corrected chi connectivity index (χ0v) is 15.2. The van der Waals surface area contributed by atoms with Crippen LogP contribution in [0.3, 0.4) is 0 Å². The molecule has 0 bridgehead atoms. The van der Waals surface area contributed by atoms with Crippen LogP contribution >= 0.6 is 23.1 Å². The second-order valence-electron chi connectivity index (χ2n) is 5.25. The number of hydrogen-bond donors (Lipinski definition) is 1. The lowest BCUT2D eigenvalue weighted by atomic mass is 10.2. The van der Waals surface area contributed by atoms with Crippen LogP contribution in [0.15, 0.2) is 39.1 Å². The zero-order chi connectivity index (χ0) is 17.8. The minimum atomic E-state index is -0.255. The van der Waals surface area contributed by atoms with Crippen molar-refractivity contribution >= 4 is 34.1 Å². The molecule has 0 radical (unpaired) electrons. The Bertz CT molecular complexity index is 938. The fourth-order valence-electron chi connectivity index (χ4n) is 2.16. The van der Waals surface area contributed by atoms with Gasteiger partial charge in [-0.3, -0.25) is 10.1 Å². The van der Waals surface area contributed by atoms with E-state index in [1.807, 2.05) is 12.1 Å². The first-order chi connectivity index (χ1) is 12.0. The molecular formula is C17H14N4O2S2. The predicted molar refractivity (Wildman–Crippen MR) is 96.8 cm³/mol. The highest BCUT2D eigenvalue weighted by molar-refractivity contribution is 8.00. The zero-order valence-electron chi connectivity index (χ0n) is 13.6. The molecule has 126 valence electrons. The third-order valence-electron chi connectivity index (χ3n) is 3.36. The summed E-state index contributed by atoms with van der Waals surface area (Å²) in [5.74, 6) is 1.73. The fraction of sp³-hybridized carbons (Fsp3) is 0.176. The summed E-state index contributed by atoms with van der Waals surface area (Å²) in [5, 5.41) is 20.1. The molecule has 0 aliphatic carbocycles. The van der Waals surface area contributed by atoms with Gasteiger partial charge in [0.2, 0.25) is 5.13 Å². The second-order valence-corrected chi connectivity index (χ2v) is 7.45. The van der Waals surface area contributed by atoms with E-state index < -0.39 is 0 Å². The van der Waals surface area contributed by atoms with Gasteiger partial charge in [-0.2, -0.15) is 5.26 Å². The van der Waals surface area contributed by atoms with Gasteiger partial charge >= 0.3 is 0 Å². The number of benzene rings is 1. The van der Waals surface area contributed by atoms with Gasteiger partial charge in [0.25, 0.3) is 5.91 Å². The molecule has 1 N–H and O–H groups in total. The lowest BCUT2D eigenvalue weighted by Crippen LogP contribution is -2.11. The van der Waals surface area contributed by atoms with E-state index in [1.165, 1.54) is 23.1 Å². The number of aromatic nitrogens is 2. The number of nitrogens with one attached hydrogen (secondary N) is 1. The van der Waals surface area contributed by atoms with E-state index in [2.05, 4.69) is 21.6 Å². The number of anilines is 1. The molecule has 0 saturated carbocycles. The first kappa shape index (κ1) is 17.2. The molecule has 0 fully saturated rings. The van der Waals surface area contributed by atoms with Crippen LogP contribution in [0.1, 0.15) is 33.0 Å². The van der Waals surface area contributed by atoms with Gasteiger partial charge in [0.1, 0.15) is 11.5 Å². The summed E-state index contributed by atoms with van der Waals surface area (Å²) in [7, 11) is 0. The fourth-order valence-corrected chi connectivity index (χ4v) is 3.86. The van der Waals surface area contributed by atoms with Gasteiger partial charge in [0, 0.05) is 5.75 Å². The highest BCUT2D eigenvalue weighted by Gasteiger charge is 2.15. The van der Waals surface area contributed by atoms with Gasteiger partial charge in [0.15, 0.2) is 4.34 Å². The molecule has 6 nitrogen and oxygen atoms in total. The summed E-state index contributed by atoms with van der Waals surface area (Å²) < 4.78 is 6.13. The van der Waals surface area contributed by atoms with Crippen molar-refractivity contribution < 1.29 is 9.21 Å². The van der Waals surface area contributed by atoms with Crippen molar-refractivity contribution in [3.8, 4) is 6.07 Å². The quantitative estimate of drug-likeness (QED) is 0.535. The summed E-state index contributed by atoms with van der Waals surface area (Å²) in [6, 6.07) is 11.2. The van der Waals surface area contributed by atoms with Gasteiger partial charge in [-0.15, -0.1) is 10.2 Å². The molecule has 1 aromatic carbocycles. The van der Waals surface area contributed by atoms with Crippen LogP contribution in [0, 0.1) is 25.2 Å². The first-order valence-corrected chi connectivity index (χ1v) is 9.19. The molecule has 25 heavy (non-hydrogen) atoms. The molecule has 0 spiro atoms. The van der Waals surface area contributed by atoms with E-state index in [0.717, 1.165) is 9.90 Å². The summed E-state index contributed by atoms with van der Waals surface area (Å²) in [5.41, 5.74) is 2.23. The molecule has 0 atom stereocenters. The van der Waals surface area contributed by atoms with Crippen molar-refractivity contribution in [3.05, 3.63) is 58.5 Å². The largest absolute Gasteiger partial charge is 0.466 e. The summed E-state index contributed by atoms with van der Waals surface area (Å²) >= 11 is 2.85. The highest BCUT2D eigenvalue weighted by Crippen LogP contribution is 2.29. The smallest absolute Gasteiger partial charge is 0.261 e. The van der Waals surface area contributed by atoms with Crippen LogP contribution < -0.4 is 5.32 Å². The number of aryl methyl sites for hydroxylation is 2. The van der Waals surface area contributed by atoms with Crippen LogP contribution in [0.2, 0.25) is 0 Å². The minimum absolute atomic E-state index is 0.255. The van der Waals surface area contributed by atoms with Crippen LogP contribution in [-0.2, 0) is 5.75 Å². The van der Waals surface area contributed by atoms with Crippen molar-refractivity contribution in [1.29, 1.82) is 5.26 Å². The van der Waals surface area contributed by atoms with Gasteiger partial charge in [0.05, 0.1) is 17.2 Å². The number of hydrogen-bond acceptors (Lipinski definition) is 7. The highest BCUT2D eigenvalue weighted by atomic mass is 32.2. The van der Waals surface area contributed by atoms with E-state index in [0.29, 0.717) is 33.5 Å². The molecule has 3 aromatic rings. The molecule has 3 rings (SSSR count). The van der Waals surface area contributed by atoms with Crippen molar-refractivity contribution in [2.24, 2.45) is 0 Å². The molecule has 0 aliphatic rings. The maximum absolute atomic E-state index is 12.2. The Morgan fingerprint density at radius 2 is 2.08 bits per heavy atom. The van der Waals surface area contributed by atoms with Gasteiger partial charge in [-0.25, -0.2) is 0 Å². The van der Waals surface area contributed by atoms with Gasteiger partial charge in [-0.1, -0.05) is 35.2 Å². The number of furan rings is 1. The van der Waals surface area contributed by atoms with E-state index in [-0.39, 0.29) is 5.91 Å². The molecule has 8 heteroatoms. The maximum Gasteiger partial charge on any atom is 0.261 e. The number of amides is 1. The normalized spacial score (nSPS) is 10.4. The monoisotopic (exact) mass is 370 g/mol. The Kier molecular flexibility index (Phi) is 5.16. The van der Waals surface area contributed by atoms with Crippen molar-refractivity contribution in [3.63, 3.8) is 0 Å². The van der Waals surface area contributed by atoms with Crippen LogP contribution in [0.5, 0.6) is 0 Å². The topological polar surface area (TPSA) is 91.8 Å². The van der Waals surface area contributed by atoms with Crippen molar-refractivity contribution in [2.75, 3.05) is 5.32 Å². The van der Waals surface area contributed by atoms with Gasteiger partial charge in [-0.05, 0) is 37.6 Å². The molecule has 2 heterocycles. The SMILES string of the molecule is Cc1cc(C(=O)Nc2nnc(SCc3ccc(C#N)cc3)s2)c(C)o1. The average molecular weight is 370 g/mol. The number of carbonyl (C=O) groups is 1. The molecule has 0 aliphatic heterocycles. The van der Waals surface area contributed by atoms with Crippen LogP contribution in [-0.4, -0.2) is 16.1 Å². The average Bonchev–Trinajstić information content (AvgIpc) is 3.19. The van der Waals surface area contributed by atoms with E-state index in [1.54, 1.807) is 32.0 Å². The summed E-state index contributed by atoms with van der Waals surface area (Å²) in [6.45, 7) is 3.55. The number of nitrogens with zero attached hydrogens (tertiary/aromatic N) is 3. The van der Waals surface area contributed by atoms with Crippen LogP contribution in [0.25, 0.3) is 0 Å². The number of thioether (sulfide) groups is 1. The van der Waals surface area contributed by atoms with Crippen molar-refractivity contribution in [2.45, 2.75) is 23.9 Å². The molecule has 0 saturated heterocycles. The molecule has 0 unspecified atom stereocenters. The van der Waals surface area contributed by atoms with Crippen molar-refractivity contribution in [1.82, 2.24) is 10.2 Å². The Labute approximate surface area is 152 Å².